The van der Waals surface area contributed by atoms with Crippen LogP contribution in [0.1, 0.15) is 0 Å². The normalized spacial score (nSPS) is 9.38. The van der Waals surface area contributed by atoms with E-state index in [4.69, 9.17) is 10.5 Å². The molecule has 0 saturated carbocycles. The van der Waals surface area contributed by atoms with Gasteiger partial charge in [0.1, 0.15) is 11.6 Å². The summed E-state index contributed by atoms with van der Waals surface area (Å²) in [4.78, 5) is 10.4. The van der Waals surface area contributed by atoms with Crippen molar-refractivity contribution >= 4 is 11.7 Å². The van der Waals surface area contributed by atoms with E-state index in [1.807, 2.05) is 0 Å². The predicted molar refractivity (Wildman–Crippen MR) is 46.2 cm³/mol. The molecule has 4 nitrogen and oxygen atoms in total. The van der Waals surface area contributed by atoms with Crippen LogP contribution in [0.5, 0.6) is 5.75 Å². The highest BCUT2D eigenvalue weighted by molar-refractivity contribution is 5.87. The van der Waals surface area contributed by atoms with Crippen molar-refractivity contribution in [1.82, 2.24) is 0 Å². The van der Waals surface area contributed by atoms with Gasteiger partial charge >= 0.3 is 6.03 Å². The number of primary amides is 1. The smallest absolute Gasteiger partial charge is 0.316 e. The molecule has 70 valence electrons. The van der Waals surface area contributed by atoms with Crippen molar-refractivity contribution < 1.29 is 13.9 Å². The third-order valence-electron chi connectivity index (χ3n) is 1.37. The Balaban J connectivity index is 2.94. The Morgan fingerprint density at radius 1 is 1.54 bits per heavy atom. The van der Waals surface area contributed by atoms with Crippen LogP contribution < -0.4 is 15.8 Å². The van der Waals surface area contributed by atoms with Crippen LogP contribution in [0.15, 0.2) is 18.2 Å². The van der Waals surface area contributed by atoms with E-state index in [1.54, 1.807) is 0 Å². The highest BCUT2D eigenvalue weighted by Gasteiger charge is 2.01. The van der Waals surface area contributed by atoms with Gasteiger partial charge in [0, 0.05) is 17.8 Å². The number of methoxy groups -OCH3 is 1. The summed E-state index contributed by atoms with van der Waals surface area (Å²) in [6.07, 6.45) is 0. The first-order valence-corrected chi connectivity index (χ1v) is 3.53. The third-order valence-corrected chi connectivity index (χ3v) is 1.37. The Labute approximate surface area is 74.5 Å². The molecule has 0 aliphatic heterocycles. The highest BCUT2D eigenvalue weighted by atomic mass is 19.1. The van der Waals surface area contributed by atoms with Crippen molar-refractivity contribution in [2.45, 2.75) is 0 Å². The molecule has 13 heavy (non-hydrogen) atoms. The van der Waals surface area contributed by atoms with Gasteiger partial charge in [-0.2, -0.15) is 0 Å². The van der Waals surface area contributed by atoms with E-state index in [0.29, 0.717) is 5.75 Å². The second-order valence-electron chi connectivity index (χ2n) is 2.37. The minimum absolute atomic E-state index is 0.268. The minimum atomic E-state index is -0.743. The fourth-order valence-corrected chi connectivity index (χ4v) is 0.895. The summed E-state index contributed by atoms with van der Waals surface area (Å²) < 4.78 is 17.6. The van der Waals surface area contributed by atoms with Gasteiger partial charge in [-0.3, -0.25) is 0 Å². The number of ether oxygens (including phenoxy) is 1. The summed E-state index contributed by atoms with van der Waals surface area (Å²) in [6.45, 7) is 0. The minimum Gasteiger partial charge on any atom is -0.497 e. The number of anilines is 1. The highest BCUT2D eigenvalue weighted by Crippen LogP contribution is 2.19. The SMILES string of the molecule is COc1cc(F)cc(NC(N)=O)c1. The predicted octanol–water partition coefficient (Wildman–Crippen LogP) is 1.32. The lowest BCUT2D eigenvalue weighted by atomic mass is 10.3. The summed E-state index contributed by atoms with van der Waals surface area (Å²) in [5.74, 6) is -0.174. The zero-order valence-electron chi connectivity index (χ0n) is 7.00. The van der Waals surface area contributed by atoms with Gasteiger partial charge in [0.05, 0.1) is 7.11 Å². The van der Waals surface area contributed by atoms with E-state index in [2.05, 4.69) is 5.32 Å². The third kappa shape index (κ3) is 2.62. The number of amides is 2. The maximum atomic E-state index is 12.8. The fourth-order valence-electron chi connectivity index (χ4n) is 0.895. The summed E-state index contributed by atoms with van der Waals surface area (Å²) >= 11 is 0. The zero-order valence-corrected chi connectivity index (χ0v) is 7.00. The topological polar surface area (TPSA) is 64.3 Å². The fraction of sp³-hybridized carbons (Fsp3) is 0.125. The number of carbonyl (C=O) groups excluding carboxylic acids is 1. The molecule has 0 atom stereocenters. The second-order valence-corrected chi connectivity index (χ2v) is 2.37. The number of hydrogen-bond acceptors (Lipinski definition) is 2. The lowest BCUT2D eigenvalue weighted by Crippen LogP contribution is -2.19. The molecule has 1 rings (SSSR count). The van der Waals surface area contributed by atoms with Crippen LogP contribution in [0.3, 0.4) is 0 Å². The van der Waals surface area contributed by atoms with E-state index >= 15 is 0 Å². The number of rotatable bonds is 2. The number of nitrogens with one attached hydrogen (secondary N) is 1. The number of hydrogen-bond donors (Lipinski definition) is 2. The van der Waals surface area contributed by atoms with Crippen LogP contribution >= 0.6 is 0 Å². The standard InChI is InChI=1S/C8H9FN2O2/c1-13-7-3-5(9)2-6(4-7)11-8(10)12/h2-4H,1H3,(H3,10,11,12). The van der Waals surface area contributed by atoms with Gasteiger partial charge in [-0.25, -0.2) is 9.18 Å². The Morgan fingerprint density at radius 3 is 2.77 bits per heavy atom. The van der Waals surface area contributed by atoms with E-state index in [0.717, 1.165) is 6.07 Å². The average molecular weight is 184 g/mol. The van der Waals surface area contributed by atoms with E-state index in [9.17, 15) is 9.18 Å². The maximum absolute atomic E-state index is 12.8. The summed E-state index contributed by atoms with van der Waals surface area (Å²) in [6, 6.07) is 3.07. The Hall–Kier alpha value is -1.78. The number of halogens is 1. The first-order chi connectivity index (χ1) is 6.11. The first-order valence-electron chi connectivity index (χ1n) is 3.53. The molecule has 0 heterocycles. The quantitative estimate of drug-likeness (QED) is 0.728. The second kappa shape index (κ2) is 3.75. The summed E-state index contributed by atoms with van der Waals surface area (Å²) in [7, 11) is 1.41. The Bertz CT molecular complexity index is 328. The molecule has 0 bridgehead atoms. The molecule has 0 aliphatic rings. The van der Waals surface area contributed by atoms with Crippen LogP contribution in [-0.2, 0) is 0 Å². The molecule has 0 aromatic heterocycles. The van der Waals surface area contributed by atoms with Crippen LogP contribution in [0.25, 0.3) is 0 Å². The average Bonchev–Trinajstić information content (AvgIpc) is 2.01. The molecule has 2 amide bonds. The maximum Gasteiger partial charge on any atom is 0.316 e. The largest absolute Gasteiger partial charge is 0.497 e. The van der Waals surface area contributed by atoms with Crippen LogP contribution in [0, 0.1) is 5.82 Å². The van der Waals surface area contributed by atoms with Crippen molar-refractivity contribution in [2.75, 3.05) is 12.4 Å². The van der Waals surface area contributed by atoms with Gasteiger partial charge in [-0.1, -0.05) is 0 Å². The number of carbonyl (C=O) groups is 1. The summed E-state index contributed by atoms with van der Waals surface area (Å²) in [5.41, 5.74) is 5.12. The number of urea groups is 1. The molecule has 0 unspecified atom stereocenters. The molecule has 0 saturated heterocycles. The van der Waals surface area contributed by atoms with Crippen molar-refractivity contribution in [2.24, 2.45) is 5.73 Å². The molecule has 1 aromatic carbocycles. The molecule has 0 spiro atoms. The number of benzene rings is 1. The zero-order chi connectivity index (χ0) is 9.84. The molecule has 0 aliphatic carbocycles. The molecular weight excluding hydrogens is 175 g/mol. The van der Waals surface area contributed by atoms with Gasteiger partial charge < -0.3 is 15.8 Å². The molecule has 1 aromatic rings. The van der Waals surface area contributed by atoms with E-state index < -0.39 is 11.8 Å². The Morgan fingerprint density at radius 2 is 2.23 bits per heavy atom. The van der Waals surface area contributed by atoms with Gasteiger partial charge in [0.2, 0.25) is 0 Å². The van der Waals surface area contributed by atoms with E-state index in [1.165, 1.54) is 19.2 Å². The molecule has 3 N–H and O–H groups in total. The molecule has 0 radical (unpaired) electrons. The molecule has 5 heteroatoms. The van der Waals surface area contributed by atoms with Gasteiger partial charge in [0.15, 0.2) is 0 Å². The molecular formula is C8H9FN2O2. The van der Waals surface area contributed by atoms with Gasteiger partial charge in [-0.05, 0) is 6.07 Å². The van der Waals surface area contributed by atoms with Crippen LogP contribution in [0.2, 0.25) is 0 Å². The Kier molecular flexibility index (Phi) is 2.69. The van der Waals surface area contributed by atoms with Crippen LogP contribution in [0.4, 0.5) is 14.9 Å². The monoisotopic (exact) mass is 184 g/mol. The number of nitrogens with two attached hydrogens (primary N) is 1. The van der Waals surface area contributed by atoms with Crippen LogP contribution in [-0.4, -0.2) is 13.1 Å². The summed E-state index contributed by atoms with van der Waals surface area (Å²) in [5, 5.41) is 2.24. The molecule has 0 fully saturated rings. The first kappa shape index (κ1) is 9.31. The van der Waals surface area contributed by atoms with Crippen molar-refractivity contribution in [3.63, 3.8) is 0 Å². The van der Waals surface area contributed by atoms with Crippen molar-refractivity contribution in [3.05, 3.63) is 24.0 Å². The van der Waals surface area contributed by atoms with Gasteiger partial charge in [-0.15, -0.1) is 0 Å². The van der Waals surface area contributed by atoms with Gasteiger partial charge in [0.25, 0.3) is 0 Å². The van der Waals surface area contributed by atoms with Crippen molar-refractivity contribution in [3.8, 4) is 5.75 Å². The lowest BCUT2D eigenvalue weighted by Gasteiger charge is -2.04. The van der Waals surface area contributed by atoms with Crippen molar-refractivity contribution in [1.29, 1.82) is 0 Å². The van der Waals surface area contributed by atoms with E-state index in [-0.39, 0.29) is 5.69 Å². The lowest BCUT2D eigenvalue weighted by molar-refractivity contribution is 0.259.